The third-order valence-corrected chi connectivity index (χ3v) is 5.83. The van der Waals surface area contributed by atoms with E-state index in [0.29, 0.717) is 19.7 Å². The van der Waals surface area contributed by atoms with Crippen LogP contribution in [0.3, 0.4) is 0 Å². The Hall–Kier alpha value is -2.90. The number of benzene rings is 2. The first-order valence-electron chi connectivity index (χ1n) is 10.2. The first-order valence-corrected chi connectivity index (χ1v) is 11.0. The fourth-order valence-corrected chi connectivity index (χ4v) is 3.95. The number of aryl methyl sites for hydroxylation is 1. The van der Waals surface area contributed by atoms with Crippen molar-refractivity contribution in [1.29, 1.82) is 0 Å². The quantitative estimate of drug-likeness (QED) is 0.390. The Labute approximate surface area is 188 Å². The highest BCUT2D eigenvalue weighted by molar-refractivity contribution is 9.10. The fourth-order valence-electron chi connectivity index (χ4n) is 3.59. The molecule has 2 heterocycles. The Morgan fingerprint density at radius 1 is 0.968 bits per heavy atom. The highest BCUT2D eigenvalue weighted by Gasteiger charge is 2.04. The van der Waals surface area contributed by atoms with Crippen LogP contribution in [-0.4, -0.2) is 28.8 Å². The normalized spacial score (nSPS) is 11.3. The molecule has 2 aromatic carbocycles. The molecular formula is C24H24BrN3O3. The monoisotopic (exact) mass is 481 g/mol. The second-order valence-electron chi connectivity index (χ2n) is 7.45. The molecule has 0 saturated heterocycles. The molecule has 0 saturated carbocycles. The summed E-state index contributed by atoms with van der Waals surface area (Å²) in [5.41, 5.74) is 0.890. The van der Waals surface area contributed by atoms with Crippen LogP contribution in [0, 0.1) is 0 Å². The van der Waals surface area contributed by atoms with Gasteiger partial charge in [0.1, 0.15) is 5.75 Å². The number of rotatable bonds is 8. The summed E-state index contributed by atoms with van der Waals surface area (Å²) in [6, 6.07) is 16.9. The van der Waals surface area contributed by atoms with Gasteiger partial charge in [0, 0.05) is 47.6 Å². The maximum absolute atomic E-state index is 12.6. The maximum Gasteiger partial charge on any atom is 0.258 e. The molecule has 0 unspecified atom stereocenters. The van der Waals surface area contributed by atoms with Crippen LogP contribution in [0.4, 0.5) is 0 Å². The molecule has 7 heteroatoms. The maximum atomic E-state index is 12.6. The van der Waals surface area contributed by atoms with E-state index in [9.17, 15) is 9.59 Å². The van der Waals surface area contributed by atoms with E-state index in [-0.39, 0.29) is 11.1 Å². The van der Waals surface area contributed by atoms with E-state index in [4.69, 9.17) is 4.74 Å². The molecule has 0 radical (unpaired) electrons. The van der Waals surface area contributed by atoms with Gasteiger partial charge < -0.3 is 19.2 Å². The third-order valence-electron chi connectivity index (χ3n) is 5.33. The number of nitrogens with zero attached hydrogens (tertiary/aromatic N) is 2. The van der Waals surface area contributed by atoms with Crippen molar-refractivity contribution >= 4 is 37.6 Å². The van der Waals surface area contributed by atoms with Crippen molar-refractivity contribution in [2.75, 3.05) is 19.7 Å². The Balaban J connectivity index is 1.23. The highest BCUT2D eigenvalue weighted by Crippen LogP contribution is 2.19. The van der Waals surface area contributed by atoms with Gasteiger partial charge in [0.15, 0.2) is 0 Å². The summed E-state index contributed by atoms with van der Waals surface area (Å²) in [5.74, 6) is 0.792. The molecule has 0 bridgehead atoms. The van der Waals surface area contributed by atoms with E-state index < -0.39 is 0 Å². The summed E-state index contributed by atoms with van der Waals surface area (Å²) in [6.45, 7) is 2.72. The molecule has 0 spiro atoms. The summed E-state index contributed by atoms with van der Waals surface area (Å²) in [5, 5.41) is 6.01. The molecule has 4 aromatic rings. The lowest BCUT2D eigenvalue weighted by molar-refractivity contribution is 0.308. The van der Waals surface area contributed by atoms with E-state index in [1.165, 1.54) is 0 Å². The number of aromatic nitrogens is 2. The Bertz CT molecular complexity index is 1340. The van der Waals surface area contributed by atoms with E-state index >= 15 is 0 Å². The van der Waals surface area contributed by atoms with Gasteiger partial charge in [-0.15, -0.1) is 0 Å². The number of hydrogen-bond donors (Lipinski definition) is 1. The molecule has 6 nitrogen and oxygen atoms in total. The third kappa shape index (κ3) is 4.89. The van der Waals surface area contributed by atoms with Gasteiger partial charge >= 0.3 is 0 Å². The molecule has 0 aliphatic carbocycles. The van der Waals surface area contributed by atoms with Crippen LogP contribution in [0.2, 0.25) is 0 Å². The minimum absolute atomic E-state index is 0.0222. The van der Waals surface area contributed by atoms with Crippen LogP contribution in [0.1, 0.15) is 6.42 Å². The van der Waals surface area contributed by atoms with Crippen LogP contribution in [0.5, 0.6) is 5.75 Å². The standard InChI is InChI=1S/C24H24BrN3O3/c1-27-22-7-6-20(15-18(22)4-8-23(27)29)31-14-2-10-26-11-13-28-12-9-17-3-5-19(25)16-21(17)24(28)30/h3-9,12,15-16,26H,2,10-11,13-14H2,1H3. The van der Waals surface area contributed by atoms with Crippen LogP contribution < -0.4 is 21.2 Å². The summed E-state index contributed by atoms with van der Waals surface area (Å²) >= 11 is 3.43. The first-order chi connectivity index (χ1) is 15.0. The van der Waals surface area contributed by atoms with E-state index in [1.807, 2.05) is 54.7 Å². The molecule has 4 rings (SSSR count). The molecule has 1 N–H and O–H groups in total. The summed E-state index contributed by atoms with van der Waals surface area (Å²) in [6.07, 6.45) is 2.70. The molecule has 31 heavy (non-hydrogen) atoms. The minimum atomic E-state index is -0.0222. The highest BCUT2D eigenvalue weighted by atomic mass is 79.9. The number of nitrogens with one attached hydrogen (secondary N) is 1. The number of fused-ring (bicyclic) bond motifs is 2. The minimum Gasteiger partial charge on any atom is -0.494 e. The van der Waals surface area contributed by atoms with Crippen LogP contribution in [0.25, 0.3) is 21.7 Å². The van der Waals surface area contributed by atoms with Gasteiger partial charge in [0.2, 0.25) is 0 Å². The summed E-state index contributed by atoms with van der Waals surface area (Å²) < 4.78 is 10.1. The SMILES string of the molecule is Cn1c(=O)ccc2cc(OCCCNCCn3ccc4ccc(Br)cc4c3=O)ccc21. The van der Waals surface area contributed by atoms with Gasteiger partial charge in [-0.3, -0.25) is 9.59 Å². The lowest BCUT2D eigenvalue weighted by Crippen LogP contribution is -2.27. The molecule has 0 aliphatic heterocycles. The molecule has 2 aromatic heterocycles. The number of hydrogen-bond acceptors (Lipinski definition) is 4. The van der Waals surface area contributed by atoms with E-state index in [1.54, 1.807) is 22.2 Å². The Morgan fingerprint density at radius 2 is 1.81 bits per heavy atom. The zero-order valence-electron chi connectivity index (χ0n) is 17.3. The predicted octanol–water partition coefficient (Wildman–Crippen LogP) is 3.67. The molecule has 0 amide bonds. The fraction of sp³-hybridized carbons (Fsp3) is 0.250. The molecule has 160 valence electrons. The van der Waals surface area contributed by atoms with Crippen molar-refractivity contribution < 1.29 is 4.74 Å². The number of ether oxygens (including phenoxy) is 1. The molecule has 0 fully saturated rings. The van der Waals surface area contributed by atoms with Gasteiger partial charge in [0.25, 0.3) is 11.1 Å². The Kier molecular flexibility index (Phi) is 6.53. The van der Waals surface area contributed by atoms with E-state index in [2.05, 4.69) is 21.2 Å². The molecule has 0 atom stereocenters. The van der Waals surface area contributed by atoms with Crippen molar-refractivity contribution in [3.05, 3.63) is 86.0 Å². The molecular weight excluding hydrogens is 458 g/mol. The second-order valence-corrected chi connectivity index (χ2v) is 8.36. The average molecular weight is 482 g/mol. The van der Waals surface area contributed by atoms with E-state index in [0.717, 1.165) is 44.9 Å². The van der Waals surface area contributed by atoms with Crippen molar-refractivity contribution in [1.82, 2.24) is 14.5 Å². The van der Waals surface area contributed by atoms with Crippen molar-refractivity contribution in [3.63, 3.8) is 0 Å². The predicted molar refractivity (Wildman–Crippen MR) is 128 cm³/mol. The number of pyridine rings is 2. The zero-order valence-corrected chi connectivity index (χ0v) is 18.9. The van der Waals surface area contributed by atoms with Gasteiger partial charge in [-0.05, 0) is 60.8 Å². The Morgan fingerprint density at radius 3 is 2.68 bits per heavy atom. The topological polar surface area (TPSA) is 65.3 Å². The second kappa shape index (κ2) is 9.49. The lowest BCUT2D eigenvalue weighted by Gasteiger charge is -2.10. The summed E-state index contributed by atoms with van der Waals surface area (Å²) in [7, 11) is 1.77. The number of halogens is 1. The van der Waals surface area contributed by atoms with Crippen molar-refractivity contribution in [2.24, 2.45) is 7.05 Å². The smallest absolute Gasteiger partial charge is 0.258 e. The van der Waals surface area contributed by atoms with Gasteiger partial charge in [0.05, 0.1) is 12.1 Å². The van der Waals surface area contributed by atoms with Crippen LogP contribution in [-0.2, 0) is 13.6 Å². The van der Waals surface area contributed by atoms with Crippen molar-refractivity contribution in [3.8, 4) is 5.75 Å². The van der Waals surface area contributed by atoms with Crippen LogP contribution >= 0.6 is 15.9 Å². The summed E-state index contributed by atoms with van der Waals surface area (Å²) in [4.78, 5) is 24.3. The van der Waals surface area contributed by atoms with Gasteiger partial charge in [-0.2, -0.15) is 0 Å². The van der Waals surface area contributed by atoms with Crippen molar-refractivity contribution in [2.45, 2.75) is 13.0 Å². The van der Waals surface area contributed by atoms with Gasteiger partial charge in [-0.25, -0.2) is 0 Å². The lowest BCUT2D eigenvalue weighted by atomic mass is 10.2. The molecule has 0 aliphatic rings. The largest absolute Gasteiger partial charge is 0.494 e. The van der Waals surface area contributed by atoms with Gasteiger partial charge in [-0.1, -0.05) is 22.0 Å². The van der Waals surface area contributed by atoms with Crippen LogP contribution in [0.15, 0.2) is 74.9 Å². The first kappa shape index (κ1) is 21.3. The average Bonchev–Trinajstić information content (AvgIpc) is 2.77. The zero-order chi connectivity index (χ0) is 21.8.